The van der Waals surface area contributed by atoms with Crippen molar-refractivity contribution in [2.45, 2.75) is 52.4 Å². The summed E-state index contributed by atoms with van der Waals surface area (Å²) in [4.78, 5) is 13.6. The molecule has 2 aromatic heterocycles. The molecule has 26 heavy (non-hydrogen) atoms. The molecule has 0 spiro atoms. The molecule has 0 bridgehead atoms. The van der Waals surface area contributed by atoms with Crippen LogP contribution in [0, 0.1) is 6.92 Å². The van der Waals surface area contributed by atoms with Gasteiger partial charge in [0, 0.05) is 32.3 Å². The van der Waals surface area contributed by atoms with Crippen molar-refractivity contribution in [2.24, 2.45) is 4.99 Å². The Labute approximate surface area is 154 Å². The number of hydrogen-bond acceptors (Lipinski definition) is 5. The van der Waals surface area contributed by atoms with E-state index in [0.29, 0.717) is 13.2 Å². The molecule has 0 aliphatic carbocycles. The van der Waals surface area contributed by atoms with Crippen molar-refractivity contribution in [2.75, 3.05) is 13.7 Å². The number of pyridine rings is 1. The summed E-state index contributed by atoms with van der Waals surface area (Å²) in [6.07, 6.45) is 3.70. The number of nitrogens with one attached hydrogen (secondary N) is 2. The fraction of sp³-hybridized carbons (Fsp3) is 0.556. The van der Waals surface area contributed by atoms with Gasteiger partial charge in [-0.3, -0.25) is 4.98 Å². The van der Waals surface area contributed by atoms with Gasteiger partial charge in [-0.25, -0.2) is 14.7 Å². The molecule has 1 unspecified atom stereocenters. The Hall–Kier alpha value is -2.48. The Morgan fingerprint density at radius 2 is 2.35 bits per heavy atom. The van der Waals surface area contributed by atoms with E-state index >= 15 is 0 Å². The topological polar surface area (TPSA) is 89.2 Å². The highest BCUT2D eigenvalue weighted by Gasteiger charge is 2.22. The molecular formula is C18H27N7O. The first-order valence-corrected chi connectivity index (χ1v) is 9.06. The molecule has 0 saturated heterocycles. The minimum atomic E-state index is 0.266. The van der Waals surface area contributed by atoms with Gasteiger partial charge in [0.15, 0.2) is 11.8 Å². The number of nitrogens with zero attached hydrogens (tertiary/aromatic N) is 5. The molecule has 2 aromatic rings. The van der Waals surface area contributed by atoms with E-state index in [1.807, 2.05) is 16.9 Å². The fourth-order valence-corrected chi connectivity index (χ4v) is 3.02. The number of ether oxygens (including phenoxy) is 1. The zero-order valence-corrected chi connectivity index (χ0v) is 15.7. The minimum Gasteiger partial charge on any atom is -0.377 e. The number of guanidine groups is 1. The van der Waals surface area contributed by atoms with Crippen molar-refractivity contribution in [3.8, 4) is 0 Å². The highest BCUT2D eigenvalue weighted by molar-refractivity contribution is 5.80. The second-order valence-corrected chi connectivity index (χ2v) is 6.40. The van der Waals surface area contributed by atoms with Crippen LogP contribution in [0.15, 0.2) is 23.3 Å². The predicted molar refractivity (Wildman–Crippen MR) is 99.8 cm³/mol. The van der Waals surface area contributed by atoms with Gasteiger partial charge in [0.05, 0.1) is 18.8 Å². The Kier molecular flexibility index (Phi) is 6.17. The fourth-order valence-electron chi connectivity index (χ4n) is 3.02. The van der Waals surface area contributed by atoms with Crippen molar-refractivity contribution in [3.63, 3.8) is 0 Å². The average Bonchev–Trinajstić information content (AvgIpc) is 3.03. The lowest BCUT2D eigenvalue weighted by atomic mass is 10.1. The van der Waals surface area contributed by atoms with E-state index in [4.69, 9.17) is 9.73 Å². The Balaban J connectivity index is 1.64. The van der Waals surface area contributed by atoms with Crippen LogP contribution in [0.2, 0.25) is 0 Å². The van der Waals surface area contributed by atoms with Crippen LogP contribution in [0.25, 0.3) is 0 Å². The molecule has 3 rings (SSSR count). The molecule has 3 heterocycles. The molecule has 8 heteroatoms. The zero-order chi connectivity index (χ0) is 18.4. The van der Waals surface area contributed by atoms with Crippen LogP contribution in [0.4, 0.5) is 0 Å². The average molecular weight is 357 g/mol. The number of hydrogen-bond donors (Lipinski definition) is 2. The molecule has 0 fully saturated rings. The number of aromatic nitrogens is 4. The van der Waals surface area contributed by atoms with Crippen LogP contribution < -0.4 is 10.6 Å². The number of aliphatic imine (C=N–C) groups is 1. The molecule has 8 nitrogen and oxygen atoms in total. The van der Waals surface area contributed by atoms with Crippen molar-refractivity contribution in [3.05, 3.63) is 41.2 Å². The monoisotopic (exact) mass is 357 g/mol. The normalized spacial score (nSPS) is 17.0. The van der Waals surface area contributed by atoms with E-state index in [1.54, 1.807) is 7.11 Å². The van der Waals surface area contributed by atoms with E-state index in [0.717, 1.165) is 54.8 Å². The summed E-state index contributed by atoms with van der Waals surface area (Å²) >= 11 is 0. The van der Waals surface area contributed by atoms with Crippen molar-refractivity contribution < 1.29 is 4.74 Å². The Morgan fingerprint density at radius 3 is 3.12 bits per heavy atom. The number of rotatable bonds is 6. The van der Waals surface area contributed by atoms with Gasteiger partial charge in [-0.2, -0.15) is 5.10 Å². The first kappa shape index (κ1) is 18.3. The molecule has 1 atom stereocenters. The Morgan fingerprint density at radius 1 is 1.46 bits per heavy atom. The molecule has 0 saturated carbocycles. The summed E-state index contributed by atoms with van der Waals surface area (Å²) in [7, 11) is 1.66. The van der Waals surface area contributed by atoms with Gasteiger partial charge < -0.3 is 15.4 Å². The minimum absolute atomic E-state index is 0.266. The van der Waals surface area contributed by atoms with Crippen LogP contribution in [0.1, 0.15) is 36.3 Å². The third-order valence-electron chi connectivity index (χ3n) is 4.37. The highest BCUT2D eigenvalue weighted by atomic mass is 16.5. The summed E-state index contributed by atoms with van der Waals surface area (Å²) in [6, 6.07) is 4.27. The molecule has 0 aromatic carbocycles. The maximum atomic E-state index is 5.12. The second kappa shape index (κ2) is 8.75. The number of methoxy groups -OCH3 is 1. The molecule has 2 N–H and O–H groups in total. The van der Waals surface area contributed by atoms with Crippen molar-refractivity contribution in [1.29, 1.82) is 0 Å². The highest BCUT2D eigenvalue weighted by Crippen LogP contribution is 2.13. The summed E-state index contributed by atoms with van der Waals surface area (Å²) in [5, 5.41) is 11.4. The van der Waals surface area contributed by atoms with E-state index in [1.165, 1.54) is 0 Å². The summed E-state index contributed by atoms with van der Waals surface area (Å²) < 4.78 is 7.10. The molecule has 0 amide bonds. The standard InChI is InChI=1S/C18H27N7O/c1-4-19-18(21-10-15-13(2)6-5-9-20-15)22-14-7-8-17-23-16(12-26-3)24-25(17)11-14/h5-6,9,14H,4,7-8,10-12H2,1-3H3,(H2,19,21,22). The van der Waals surface area contributed by atoms with Crippen LogP contribution in [0.5, 0.6) is 0 Å². The first-order valence-electron chi connectivity index (χ1n) is 9.06. The lowest BCUT2D eigenvalue weighted by Crippen LogP contribution is -2.47. The lowest BCUT2D eigenvalue weighted by molar-refractivity contribution is 0.177. The van der Waals surface area contributed by atoms with E-state index in [2.05, 4.69) is 45.6 Å². The van der Waals surface area contributed by atoms with E-state index in [-0.39, 0.29) is 6.04 Å². The Bertz CT molecular complexity index is 756. The van der Waals surface area contributed by atoms with Crippen molar-refractivity contribution >= 4 is 5.96 Å². The van der Waals surface area contributed by atoms with Gasteiger partial charge in [-0.1, -0.05) is 6.07 Å². The second-order valence-electron chi connectivity index (χ2n) is 6.40. The summed E-state index contributed by atoms with van der Waals surface area (Å²) in [5.74, 6) is 2.58. The lowest BCUT2D eigenvalue weighted by Gasteiger charge is -2.25. The zero-order valence-electron chi connectivity index (χ0n) is 15.7. The molecule has 1 aliphatic rings. The third-order valence-corrected chi connectivity index (χ3v) is 4.37. The van der Waals surface area contributed by atoms with Crippen LogP contribution in [-0.4, -0.2) is 45.4 Å². The van der Waals surface area contributed by atoms with Gasteiger partial charge in [0.1, 0.15) is 12.4 Å². The maximum absolute atomic E-state index is 5.12. The van der Waals surface area contributed by atoms with Gasteiger partial charge in [0.2, 0.25) is 0 Å². The van der Waals surface area contributed by atoms with Gasteiger partial charge in [-0.15, -0.1) is 0 Å². The van der Waals surface area contributed by atoms with Crippen LogP contribution in [0.3, 0.4) is 0 Å². The number of fused-ring (bicyclic) bond motifs is 1. The predicted octanol–water partition coefficient (Wildman–Crippen LogP) is 1.20. The largest absolute Gasteiger partial charge is 0.377 e. The third kappa shape index (κ3) is 4.57. The first-order chi connectivity index (χ1) is 12.7. The summed E-state index contributed by atoms with van der Waals surface area (Å²) in [6.45, 7) is 6.72. The summed E-state index contributed by atoms with van der Waals surface area (Å²) in [5.41, 5.74) is 2.15. The SMILES string of the molecule is CCNC(=NCc1ncccc1C)NC1CCc2nc(COC)nn2C1. The van der Waals surface area contributed by atoms with Crippen molar-refractivity contribution in [1.82, 2.24) is 30.4 Å². The van der Waals surface area contributed by atoms with Crippen LogP contribution >= 0.6 is 0 Å². The van der Waals surface area contributed by atoms with E-state index in [9.17, 15) is 0 Å². The van der Waals surface area contributed by atoms with Gasteiger partial charge in [0.25, 0.3) is 0 Å². The van der Waals surface area contributed by atoms with Gasteiger partial charge >= 0.3 is 0 Å². The quantitative estimate of drug-likeness (QED) is 0.596. The molecule has 0 radical (unpaired) electrons. The smallest absolute Gasteiger partial charge is 0.191 e. The molecular weight excluding hydrogens is 330 g/mol. The number of aryl methyl sites for hydroxylation is 2. The molecule has 140 valence electrons. The van der Waals surface area contributed by atoms with Gasteiger partial charge in [-0.05, 0) is 31.9 Å². The maximum Gasteiger partial charge on any atom is 0.191 e. The van der Waals surface area contributed by atoms with Crippen LogP contribution in [-0.2, 0) is 30.9 Å². The van der Waals surface area contributed by atoms with E-state index < -0.39 is 0 Å². The molecule has 1 aliphatic heterocycles.